The minimum atomic E-state index is -3.22. The number of halogens is 2. The minimum Gasteiger partial charge on any atom is -0.480 e. The number of carboxylic acids is 1. The first-order chi connectivity index (χ1) is 8.55. The van der Waals surface area contributed by atoms with Gasteiger partial charge in [-0.3, -0.25) is 4.90 Å². The lowest BCUT2D eigenvalue weighted by Crippen LogP contribution is -2.54. The van der Waals surface area contributed by atoms with E-state index < -0.39 is 48.4 Å². The molecule has 2 aliphatic rings. The van der Waals surface area contributed by atoms with E-state index in [0.29, 0.717) is 4.90 Å². The Labute approximate surface area is 108 Å². The largest absolute Gasteiger partial charge is 0.480 e. The zero-order chi connectivity index (χ0) is 14.6. The lowest BCUT2D eigenvalue weighted by Gasteiger charge is -2.33. The number of carboxylic acid groups (broad SMARTS) is 1. The predicted octanol–water partition coefficient (Wildman–Crippen LogP) is 1.09. The van der Waals surface area contributed by atoms with Crippen LogP contribution in [-0.2, 0) is 14.3 Å². The normalized spacial score (nSPS) is 32.5. The maximum Gasteiger partial charge on any atom is 0.411 e. The summed E-state index contributed by atoms with van der Waals surface area (Å²) in [4.78, 5) is 23.5. The summed E-state index contributed by atoms with van der Waals surface area (Å²) in [5.41, 5.74) is -0.891. The number of alkyl halides is 2. The van der Waals surface area contributed by atoms with Crippen LogP contribution in [0.3, 0.4) is 0 Å². The van der Waals surface area contributed by atoms with Crippen molar-refractivity contribution in [2.24, 2.45) is 0 Å². The summed E-state index contributed by atoms with van der Waals surface area (Å²) in [6.07, 6.45) is -2.49. The molecule has 1 aliphatic carbocycles. The number of rotatable bonds is 1. The summed E-state index contributed by atoms with van der Waals surface area (Å²) in [6.45, 7) is 4.25. The number of aliphatic carboxylic acids is 1. The zero-order valence-electron chi connectivity index (χ0n) is 10.7. The van der Waals surface area contributed by atoms with E-state index in [1.54, 1.807) is 20.8 Å². The summed E-state index contributed by atoms with van der Waals surface area (Å²) in [7, 11) is 0. The molecule has 0 spiro atoms. The van der Waals surface area contributed by atoms with Gasteiger partial charge >= 0.3 is 12.1 Å². The number of carbonyl (C=O) groups is 2. The van der Waals surface area contributed by atoms with Crippen molar-refractivity contribution in [3.8, 4) is 0 Å². The highest BCUT2D eigenvalue weighted by Gasteiger charge is 2.77. The van der Waals surface area contributed by atoms with Gasteiger partial charge in [0.05, 0.1) is 6.61 Å². The topological polar surface area (TPSA) is 76.1 Å². The fourth-order valence-electron chi connectivity index (χ4n) is 2.03. The molecule has 0 aromatic heterocycles. The molecular weight excluding hydrogens is 264 g/mol. The Morgan fingerprint density at radius 1 is 1.42 bits per heavy atom. The van der Waals surface area contributed by atoms with Crippen LogP contribution in [0.2, 0.25) is 0 Å². The van der Waals surface area contributed by atoms with Gasteiger partial charge in [-0.25, -0.2) is 18.4 Å². The molecule has 2 fully saturated rings. The molecule has 1 aliphatic heterocycles. The highest BCUT2D eigenvalue weighted by atomic mass is 19.3. The molecule has 1 saturated heterocycles. The van der Waals surface area contributed by atoms with Crippen molar-refractivity contribution in [3.05, 3.63) is 0 Å². The van der Waals surface area contributed by atoms with Crippen molar-refractivity contribution in [3.63, 3.8) is 0 Å². The number of morpholine rings is 1. The summed E-state index contributed by atoms with van der Waals surface area (Å²) >= 11 is 0. The molecule has 3 atom stereocenters. The third-order valence-electron chi connectivity index (χ3n) is 2.91. The monoisotopic (exact) mass is 279 g/mol. The number of amides is 1. The van der Waals surface area contributed by atoms with E-state index in [4.69, 9.17) is 14.6 Å². The number of fused-ring (bicyclic) bond motifs is 1. The number of ether oxygens (including phenoxy) is 2. The summed E-state index contributed by atoms with van der Waals surface area (Å²) in [5, 5.41) is 8.99. The maximum atomic E-state index is 13.4. The third kappa shape index (κ3) is 2.36. The van der Waals surface area contributed by atoms with E-state index in [1.165, 1.54) is 0 Å². The van der Waals surface area contributed by atoms with Crippen molar-refractivity contribution >= 4 is 12.1 Å². The molecule has 1 N–H and O–H groups in total. The average molecular weight is 279 g/mol. The number of nitrogens with zero attached hydrogens (tertiary/aromatic N) is 1. The van der Waals surface area contributed by atoms with Gasteiger partial charge in [-0.1, -0.05) is 0 Å². The van der Waals surface area contributed by atoms with Gasteiger partial charge in [-0.2, -0.15) is 0 Å². The van der Waals surface area contributed by atoms with E-state index in [-0.39, 0.29) is 0 Å². The summed E-state index contributed by atoms with van der Waals surface area (Å²) < 4.78 is 36.6. The quantitative estimate of drug-likeness (QED) is 0.777. The van der Waals surface area contributed by atoms with E-state index in [9.17, 15) is 18.4 Å². The van der Waals surface area contributed by atoms with Crippen molar-refractivity contribution in [2.75, 3.05) is 6.61 Å². The Balaban J connectivity index is 2.22. The van der Waals surface area contributed by atoms with Gasteiger partial charge in [-0.05, 0) is 20.8 Å². The molecule has 3 unspecified atom stereocenters. The van der Waals surface area contributed by atoms with Crippen LogP contribution in [0, 0.1) is 0 Å². The van der Waals surface area contributed by atoms with Crippen molar-refractivity contribution < 1.29 is 33.0 Å². The van der Waals surface area contributed by atoms with Crippen LogP contribution in [0.1, 0.15) is 20.8 Å². The van der Waals surface area contributed by atoms with Crippen LogP contribution in [0.5, 0.6) is 0 Å². The standard InChI is InChI=1S/C11H15F2NO5/c1-10(2,3)19-9(17)14-5(8(15)16)4-18-7-6(14)11(7,12)13/h5-7H,4H2,1-3H3,(H,15,16). The van der Waals surface area contributed by atoms with Gasteiger partial charge in [0.1, 0.15) is 17.7 Å². The fraction of sp³-hybridized carbons (Fsp3) is 0.818. The molecule has 1 saturated carbocycles. The predicted molar refractivity (Wildman–Crippen MR) is 58.0 cm³/mol. The molecule has 0 aromatic carbocycles. The van der Waals surface area contributed by atoms with Gasteiger partial charge in [0.25, 0.3) is 5.92 Å². The first kappa shape index (κ1) is 14.0. The first-order valence-electron chi connectivity index (χ1n) is 5.79. The van der Waals surface area contributed by atoms with Crippen LogP contribution in [0.25, 0.3) is 0 Å². The molecule has 0 bridgehead atoms. The molecule has 8 heteroatoms. The van der Waals surface area contributed by atoms with Crippen LogP contribution in [0.4, 0.5) is 13.6 Å². The second-order valence-corrected chi connectivity index (χ2v) is 5.61. The van der Waals surface area contributed by atoms with E-state index in [2.05, 4.69) is 0 Å². The average Bonchev–Trinajstić information content (AvgIpc) is 2.78. The van der Waals surface area contributed by atoms with Crippen molar-refractivity contribution in [1.82, 2.24) is 4.90 Å². The summed E-state index contributed by atoms with van der Waals surface area (Å²) in [5.74, 6) is -4.62. The van der Waals surface area contributed by atoms with Crippen LogP contribution >= 0.6 is 0 Å². The Hall–Kier alpha value is -1.44. The van der Waals surface area contributed by atoms with Gasteiger partial charge < -0.3 is 14.6 Å². The number of hydrogen-bond acceptors (Lipinski definition) is 4. The zero-order valence-corrected chi connectivity index (χ0v) is 10.7. The number of carbonyl (C=O) groups excluding carboxylic acids is 1. The molecular formula is C11H15F2NO5. The summed E-state index contributed by atoms with van der Waals surface area (Å²) in [6, 6.07) is -3.01. The molecule has 108 valence electrons. The highest BCUT2D eigenvalue weighted by molar-refractivity contribution is 5.81. The van der Waals surface area contributed by atoms with Crippen molar-refractivity contribution in [2.45, 2.75) is 50.5 Å². The minimum absolute atomic E-state index is 0.467. The van der Waals surface area contributed by atoms with Gasteiger partial charge in [-0.15, -0.1) is 0 Å². The first-order valence-corrected chi connectivity index (χ1v) is 5.79. The molecule has 19 heavy (non-hydrogen) atoms. The van der Waals surface area contributed by atoms with Gasteiger partial charge in [0, 0.05) is 0 Å². The Bertz CT molecular complexity index is 420. The van der Waals surface area contributed by atoms with Gasteiger partial charge in [0.2, 0.25) is 0 Å². The Kier molecular flexibility index (Phi) is 2.96. The van der Waals surface area contributed by atoms with Crippen LogP contribution in [0.15, 0.2) is 0 Å². The maximum absolute atomic E-state index is 13.4. The molecule has 1 amide bonds. The Morgan fingerprint density at radius 3 is 2.47 bits per heavy atom. The molecule has 2 rings (SSSR count). The lowest BCUT2D eigenvalue weighted by atomic mass is 10.2. The highest BCUT2D eigenvalue weighted by Crippen LogP contribution is 2.51. The van der Waals surface area contributed by atoms with E-state index in [1.807, 2.05) is 0 Å². The van der Waals surface area contributed by atoms with Crippen LogP contribution < -0.4 is 0 Å². The van der Waals surface area contributed by atoms with E-state index in [0.717, 1.165) is 0 Å². The van der Waals surface area contributed by atoms with E-state index >= 15 is 0 Å². The smallest absolute Gasteiger partial charge is 0.411 e. The SMILES string of the molecule is CC(C)(C)OC(=O)N1C(C(=O)O)COC2C1C2(F)F. The van der Waals surface area contributed by atoms with Crippen molar-refractivity contribution in [1.29, 1.82) is 0 Å². The molecule has 0 radical (unpaired) electrons. The van der Waals surface area contributed by atoms with Gasteiger partial charge in [0.15, 0.2) is 6.04 Å². The fourth-order valence-corrected chi connectivity index (χ4v) is 2.03. The second kappa shape index (κ2) is 4.03. The molecule has 6 nitrogen and oxygen atoms in total. The number of hydrogen-bond donors (Lipinski definition) is 1. The molecule has 1 heterocycles. The second-order valence-electron chi connectivity index (χ2n) is 5.61. The molecule has 0 aromatic rings. The lowest BCUT2D eigenvalue weighted by molar-refractivity contribution is -0.149. The van der Waals surface area contributed by atoms with Crippen LogP contribution in [-0.4, -0.2) is 58.4 Å². The Morgan fingerprint density at radius 2 is 2.00 bits per heavy atom. The third-order valence-corrected chi connectivity index (χ3v) is 2.91.